The van der Waals surface area contributed by atoms with Crippen molar-refractivity contribution < 1.29 is 9.59 Å². The van der Waals surface area contributed by atoms with E-state index in [0.717, 1.165) is 0 Å². The normalized spacial score (nSPS) is 28.7. The van der Waals surface area contributed by atoms with Crippen LogP contribution in [0.2, 0.25) is 0 Å². The Morgan fingerprint density at radius 1 is 1.23 bits per heavy atom. The van der Waals surface area contributed by atoms with Gasteiger partial charge in [-0.3, -0.25) is 14.5 Å². The molecule has 1 fully saturated rings. The van der Waals surface area contributed by atoms with E-state index in [0.29, 0.717) is 18.8 Å². The molecule has 2 unspecified atom stereocenters. The van der Waals surface area contributed by atoms with E-state index in [4.69, 9.17) is 11.6 Å². The lowest BCUT2D eigenvalue weighted by molar-refractivity contribution is -0.139. The van der Waals surface area contributed by atoms with Gasteiger partial charge < -0.3 is 0 Å². The smallest absolute Gasteiger partial charge is 0.232 e. The van der Waals surface area contributed by atoms with Gasteiger partial charge in [0.05, 0.1) is 0 Å². The van der Waals surface area contributed by atoms with Gasteiger partial charge in [0.15, 0.2) is 0 Å². The first-order valence-electron chi connectivity index (χ1n) is 4.50. The maximum atomic E-state index is 11.5. The Bertz CT molecular complexity index is 210. The van der Waals surface area contributed by atoms with Crippen LogP contribution in [0.1, 0.15) is 20.3 Å². The van der Waals surface area contributed by atoms with Crippen molar-refractivity contribution in [1.82, 2.24) is 4.90 Å². The molecule has 0 N–H and O–H groups in total. The van der Waals surface area contributed by atoms with E-state index in [1.165, 1.54) is 4.90 Å². The van der Waals surface area contributed by atoms with Crippen molar-refractivity contribution in [3.8, 4) is 0 Å². The highest BCUT2D eigenvalue weighted by Crippen LogP contribution is 2.25. The summed E-state index contributed by atoms with van der Waals surface area (Å²) in [6, 6.07) is 0. The predicted octanol–water partition coefficient (Wildman–Crippen LogP) is 1.26. The van der Waals surface area contributed by atoms with Crippen molar-refractivity contribution in [1.29, 1.82) is 0 Å². The van der Waals surface area contributed by atoms with Gasteiger partial charge in [0.25, 0.3) is 0 Å². The van der Waals surface area contributed by atoms with E-state index in [2.05, 4.69) is 0 Å². The average molecular weight is 204 g/mol. The number of imide groups is 1. The molecule has 0 aromatic heterocycles. The number of hydrogen-bond acceptors (Lipinski definition) is 2. The molecule has 3 nitrogen and oxygen atoms in total. The summed E-state index contributed by atoms with van der Waals surface area (Å²) in [6.07, 6.45) is 0.679. The molecule has 1 aliphatic heterocycles. The molecule has 1 rings (SSSR count). The highest BCUT2D eigenvalue weighted by molar-refractivity contribution is 6.17. The largest absolute Gasteiger partial charge is 0.282 e. The van der Waals surface area contributed by atoms with Gasteiger partial charge in [0.1, 0.15) is 0 Å². The first-order valence-corrected chi connectivity index (χ1v) is 5.04. The number of carbonyl (C=O) groups excluding carboxylic acids is 2. The van der Waals surface area contributed by atoms with E-state index in [1.54, 1.807) is 13.8 Å². The van der Waals surface area contributed by atoms with Crippen molar-refractivity contribution in [2.75, 3.05) is 12.4 Å². The Morgan fingerprint density at radius 2 is 1.69 bits per heavy atom. The van der Waals surface area contributed by atoms with Crippen molar-refractivity contribution in [2.45, 2.75) is 20.3 Å². The zero-order valence-corrected chi connectivity index (χ0v) is 8.67. The molecule has 0 saturated carbocycles. The fraction of sp³-hybridized carbons (Fsp3) is 0.778. The third-order valence-corrected chi connectivity index (χ3v) is 2.84. The molecule has 1 heterocycles. The molecular formula is C9H14ClNO2. The molecule has 0 aliphatic carbocycles. The Labute approximate surface area is 83.0 Å². The molecule has 4 heteroatoms. The van der Waals surface area contributed by atoms with Crippen LogP contribution in [-0.2, 0) is 9.59 Å². The Hall–Kier alpha value is -0.570. The minimum Gasteiger partial charge on any atom is -0.282 e. The van der Waals surface area contributed by atoms with Crippen LogP contribution in [0.4, 0.5) is 0 Å². The zero-order valence-electron chi connectivity index (χ0n) is 7.92. The highest BCUT2D eigenvalue weighted by Gasteiger charge is 2.41. The summed E-state index contributed by atoms with van der Waals surface area (Å²) < 4.78 is 0. The molecule has 1 saturated heterocycles. The minimum absolute atomic E-state index is 0.0531. The van der Waals surface area contributed by atoms with E-state index in [9.17, 15) is 9.59 Å². The number of halogens is 1. The fourth-order valence-electron chi connectivity index (χ4n) is 1.47. The van der Waals surface area contributed by atoms with Crippen molar-refractivity contribution in [2.24, 2.45) is 11.8 Å². The van der Waals surface area contributed by atoms with E-state index in [1.807, 2.05) is 0 Å². The molecule has 1 aliphatic rings. The summed E-state index contributed by atoms with van der Waals surface area (Å²) in [5.41, 5.74) is 0. The fourth-order valence-corrected chi connectivity index (χ4v) is 1.59. The van der Waals surface area contributed by atoms with Crippen molar-refractivity contribution in [3.05, 3.63) is 0 Å². The van der Waals surface area contributed by atoms with Gasteiger partial charge in [-0.1, -0.05) is 13.8 Å². The van der Waals surface area contributed by atoms with Gasteiger partial charge in [-0.05, 0) is 6.42 Å². The van der Waals surface area contributed by atoms with E-state index in [-0.39, 0.29) is 23.7 Å². The van der Waals surface area contributed by atoms with Crippen LogP contribution in [0.15, 0.2) is 0 Å². The summed E-state index contributed by atoms with van der Waals surface area (Å²) in [6.45, 7) is 4.06. The molecular weight excluding hydrogens is 190 g/mol. The Morgan fingerprint density at radius 3 is 2.08 bits per heavy atom. The second-order valence-corrected chi connectivity index (χ2v) is 3.83. The average Bonchev–Trinajstić information content (AvgIpc) is 2.30. The van der Waals surface area contributed by atoms with Crippen molar-refractivity contribution in [3.63, 3.8) is 0 Å². The van der Waals surface area contributed by atoms with Gasteiger partial charge in [-0.15, -0.1) is 11.6 Å². The third kappa shape index (κ3) is 1.85. The predicted molar refractivity (Wildman–Crippen MR) is 50.4 cm³/mol. The zero-order chi connectivity index (χ0) is 10.0. The summed E-state index contributed by atoms with van der Waals surface area (Å²) >= 11 is 5.50. The number of amides is 2. The summed E-state index contributed by atoms with van der Waals surface area (Å²) in [7, 11) is 0. The van der Waals surface area contributed by atoms with Crippen LogP contribution < -0.4 is 0 Å². The first kappa shape index (κ1) is 10.5. The van der Waals surface area contributed by atoms with Gasteiger partial charge in [-0.2, -0.15) is 0 Å². The van der Waals surface area contributed by atoms with E-state index >= 15 is 0 Å². The van der Waals surface area contributed by atoms with Crippen LogP contribution in [0.3, 0.4) is 0 Å². The standard InChI is InChI=1S/C9H14ClNO2/c1-6-7(2)9(13)11(8(6)12)5-3-4-10/h6-7H,3-5H2,1-2H3. The van der Waals surface area contributed by atoms with Gasteiger partial charge in [-0.25, -0.2) is 0 Å². The van der Waals surface area contributed by atoms with E-state index < -0.39 is 0 Å². The monoisotopic (exact) mass is 203 g/mol. The number of nitrogens with zero attached hydrogens (tertiary/aromatic N) is 1. The van der Waals surface area contributed by atoms with Gasteiger partial charge >= 0.3 is 0 Å². The first-order chi connectivity index (χ1) is 6.09. The quantitative estimate of drug-likeness (QED) is 0.512. The van der Waals surface area contributed by atoms with Crippen LogP contribution in [0, 0.1) is 11.8 Å². The molecule has 13 heavy (non-hydrogen) atoms. The lowest BCUT2D eigenvalue weighted by Gasteiger charge is -2.12. The molecule has 2 amide bonds. The summed E-state index contributed by atoms with van der Waals surface area (Å²) in [4.78, 5) is 24.3. The number of likely N-dealkylation sites (tertiary alicyclic amines) is 1. The maximum Gasteiger partial charge on any atom is 0.232 e. The maximum absolute atomic E-state index is 11.5. The Kier molecular flexibility index (Phi) is 3.31. The van der Waals surface area contributed by atoms with Crippen LogP contribution in [0.25, 0.3) is 0 Å². The molecule has 0 radical (unpaired) electrons. The summed E-state index contributed by atoms with van der Waals surface area (Å²) in [5, 5.41) is 0. The lowest BCUT2D eigenvalue weighted by atomic mass is 10.00. The van der Waals surface area contributed by atoms with Crippen LogP contribution >= 0.6 is 11.6 Å². The van der Waals surface area contributed by atoms with Crippen molar-refractivity contribution >= 4 is 23.4 Å². The number of carbonyl (C=O) groups is 2. The third-order valence-electron chi connectivity index (χ3n) is 2.58. The SMILES string of the molecule is CC1C(=O)N(CCCCl)C(=O)C1C. The molecule has 0 aromatic carbocycles. The molecule has 74 valence electrons. The number of rotatable bonds is 3. The molecule has 0 aromatic rings. The summed E-state index contributed by atoms with van der Waals surface area (Å²) in [5.74, 6) is 0.0516. The van der Waals surface area contributed by atoms with Crippen LogP contribution in [-0.4, -0.2) is 29.1 Å². The number of hydrogen-bond donors (Lipinski definition) is 0. The molecule has 0 bridgehead atoms. The molecule has 2 atom stereocenters. The van der Waals surface area contributed by atoms with Gasteiger partial charge in [0.2, 0.25) is 11.8 Å². The second-order valence-electron chi connectivity index (χ2n) is 3.45. The lowest BCUT2D eigenvalue weighted by Crippen LogP contribution is -2.32. The van der Waals surface area contributed by atoms with Crippen LogP contribution in [0.5, 0.6) is 0 Å². The number of alkyl halides is 1. The topological polar surface area (TPSA) is 37.4 Å². The molecule has 0 spiro atoms. The minimum atomic E-state index is -0.164. The van der Waals surface area contributed by atoms with Gasteiger partial charge in [0, 0.05) is 24.3 Å². The highest BCUT2D eigenvalue weighted by atomic mass is 35.5. The Balaban J connectivity index is 2.64. The second kappa shape index (κ2) is 4.09.